The van der Waals surface area contributed by atoms with Gasteiger partial charge in [0, 0.05) is 25.6 Å². The average Bonchev–Trinajstić information content (AvgIpc) is 3.04. The van der Waals surface area contributed by atoms with Crippen LogP contribution in [-0.2, 0) is 14.3 Å². The second-order valence-electron chi connectivity index (χ2n) is 3.55. The summed E-state index contributed by atoms with van der Waals surface area (Å²) in [4.78, 5) is 13.5. The minimum atomic E-state index is 0.0363. The van der Waals surface area contributed by atoms with Crippen LogP contribution in [0, 0.1) is 0 Å². The van der Waals surface area contributed by atoms with E-state index in [4.69, 9.17) is 21.1 Å². The van der Waals surface area contributed by atoms with Crippen LogP contribution in [0.5, 0.6) is 0 Å². The highest BCUT2D eigenvalue weighted by Gasteiger charge is 2.31. The molecule has 0 aliphatic heterocycles. The molecule has 1 fully saturated rings. The van der Waals surface area contributed by atoms with Gasteiger partial charge in [-0.1, -0.05) is 0 Å². The highest BCUT2D eigenvalue weighted by Crippen LogP contribution is 2.26. The van der Waals surface area contributed by atoms with Crippen molar-refractivity contribution in [1.29, 1.82) is 0 Å². The van der Waals surface area contributed by atoms with Crippen molar-refractivity contribution in [2.75, 3.05) is 39.4 Å². The molecule has 0 saturated heterocycles. The van der Waals surface area contributed by atoms with Crippen molar-refractivity contribution < 1.29 is 14.3 Å². The number of rotatable bonds is 8. The topological polar surface area (TPSA) is 38.8 Å². The first kappa shape index (κ1) is 12.7. The van der Waals surface area contributed by atoms with Gasteiger partial charge in [-0.25, -0.2) is 0 Å². The Morgan fingerprint density at radius 1 is 1.47 bits per heavy atom. The Morgan fingerprint density at radius 2 is 2.20 bits per heavy atom. The second-order valence-corrected chi connectivity index (χ2v) is 3.93. The van der Waals surface area contributed by atoms with Gasteiger partial charge >= 0.3 is 0 Å². The van der Waals surface area contributed by atoms with E-state index in [-0.39, 0.29) is 12.5 Å². The van der Waals surface area contributed by atoms with E-state index in [0.29, 0.717) is 31.7 Å². The van der Waals surface area contributed by atoms with Crippen molar-refractivity contribution >= 4 is 17.5 Å². The van der Waals surface area contributed by atoms with E-state index in [2.05, 4.69) is 0 Å². The predicted molar refractivity (Wildman–Crippen MR) is 58.2 cm³/mol. The van der Waals surface area contributed by atoms with Gasteiger partial charge in [0.05, 0.1) is 13.2 Å². The van der Waals surface area contributed by atoms with E-state index in [1.807, 2.05) is 4.90 Å². The first-order chi connectivity index (χ1) is 7.29. The number of nitrogens with zero attached hydrogens (tertiary/aromatic N) is 1. The van der Waals surface area contributed by atoms with Crippen LogP contribution in [0.4, 0.5) is 0 Å². The Kier molecular flexibility index (Phi) is 5.98. The summed E-state index contributed by atoms with van der Waals surface area (Å²) in [7, 11) is 1.61. The summed E-state index contributed by atoms with van der Waals surface area (Å²) < 4.78 is 10.0. The molecule has 0 aromatic carbocycles. The molecule has 0 aromatic heterocycles. The van der Waals surface area contributed by atoms with E-state index in [0.717, 1.165) is 12.8 Å². The van der Waals surface area contributed by atoms with E-state index >= 15 is 0 Å². The fraction of sp³-hybridized carbons (Fsp3) is 0.900. The molecular weight excluding hydrogens is 218 g/mol. The number of hydrogen-bond acceptors (Lipinski definition) is 3. The Hall–Kier alpha value is -0.320. The third kappa shape index (κ3) is 4.82. The first-order valence-electron chi connectivity index (χ1n) is 5.21. The van der Waals surface area contributed by atoms with Crippen LogP contribution in [0.25, 0.3) is 0 Å². The average molecular weight is 236 g/mol. The lowest BCUT2D eigenvalue weighted by Crippen LogP contribution is -2.37. The van der Waals surface area contributed by atoms with Crippen molar-refractivity contribution in [1.82, 2.24) is 4.90 Å². The number of amides is 1. The van der Waals surface area contributed by atoms with Gasteiger partial charge in [0.25, 0.3) is 0 Å². The molecule has 1 aliphatic rings. The highest BCUT2D eigenvalue weighted by atomic mass is 35.5. The normalized spacial score (nSPS) is 15.3. The van der Waals surface area contributed by atoms with Crippen LogP contribution in [0.2, 0.25) is 0 Å². The lowest BCUT2D eigenvalue weighted by molar-refractivity contribution is -0.136. The van der Waals surface area contributed by atoms with Crippen molar-refractivity contribution in [3.8, 4) is 0 Å². The number of methoxy groups -OCH3 is 1. The van der Waals surface area contributed by atoms with Crippen LogP contribution in [0.15, 0.2) is 0 Å². The van der Waals surface area contributed by atoms with Crippen LogP contribution in [0.3, 0.4) is 0 Å². The van der Waals surface area contributed by atoms with Crippen molar-refractivity contribution in [3.05, 3.63) is 0 Å². The zero-order chi connectivity index (χ0) is 11.1. The van der Waals surface area contributed by atoms with Crippen LogP contribution < -0.4 is 0 Å². The molecule has 1 saturated carbocycles. The summed E-state index contributed by atoms with van der Waals surface area (Å²) in [5.41, 5.74) is 0. The number of alkyl halides is 1. The molecule has 5 heteroatoms. The number of hydrogen-bond donors (Lipinski definition) is 0. The molecular formula is C10H18ClNO3. The van der Waals surface area contributed by atoms with E-state index in [1.54, 1.807) is 7.11 Å². The molecule has 0 bridgehead atoms. The van der Waals surface area contributed by atoms with E-state index < -0.39 is 0 Å². The molecule has 88 valence electrons. The molecule has 0 N–H and O–H groups in total. The maximum atomic E-state index is 11.7. The Balaban J connectivity index is 2.17. The zero-order valence-electron chi connectivity index (χ0n) is 9.08. The fourth-order valence-electron chi connectivity index (χ4n) is 1.37. The summed E-state index contributed by atoms with van der Waals surface area (Å²) in [5, 5.41) is 0. The summed E-state index contributed by atoms with van der Waals surface area (Å²) in [6.45, 7) is 1.74. The maximum absolute atomic E-state index is 11.7. The number of carbonyl (C=O) groups excluding carboxylic acids is 1. The zero-order valence-corrected chi connectivity index (χ0v) is 9.83. The SMILES string of the molecule is COCCOCC(=O)N(CCCl)C1CC1. The van der Waals surface area contributed by atoms with Gasteiger partial charge < -0.3 is 14.4 Å². The quantitative estimate of drug-likeness (QED) is 0.463. The van der Waals surface area contributed by atoms with Gasteiger partial charge in [-0.15, -0.1) is 11.6 Å². The summed E-state index contributed by atoms with van der Waals surface area (Å²) >= 11 is 5.64. The standard InChI is InChI=1S/C10H18ClNO3/c1-14-6-7-15-8-10(13)12(5-4-11)9-2-3-9/h9H,2-8H2,1H3. The first-order valence-corrected chi connectivity index (χ1v) is 5.75. The third-order valence-corrected chi connectivity index (χ3v) is 2.46. The molecule has 0 aromatic rings. The van der Waals surface area contributed by atoms with Gasteiger partial charge in [0.2, 0.25) is 5.91 Å². The number of carbonyl (C=O) groups is 1. The lowest BCUT2D eigenvalue weighted by Gasteiger charge is -2.21. The van der Waals surface area contributed by atoms with Crippen LogP contribution in [-0.4, -0.2) is 56.2 Å². The van der Waals surface area contributed by atoms with Crippen molar-refractivity contribution in [2.45, 2.75) is 18.9 Å². The van der Waals surface area contributed by atoms with Crippen molar-refractivity contribution in [3.63, 3.8) is 0 Å². The monoisotopic (exact) mass is 235 g/mol. The highest BCUT2D eigenvalue weighted by molar-refractivity contribution is 6.18. The van der Waals surface area contributed by atoms with Gasteiger partial charge in [0.1, 0.15) is 6.61 Å². The largest absolute Gasteiger partial charge is 0.382 e. The lowest BCUT2D eigenvalue weighted by atomic mass is 10.4. The maximum Gasteiger partial charge on any atom is 0.248 e. The smallest absolute Gasteiger partial charge is 0.248 e. The van der Waals surface area contributed by atoms with E-state index in [1.165, 1.54) is 0 Å². The van der Waals surface area contributed by atoms with Gasteiger partial charge in [0.15, 0.2) is 0 Å². The van der Waals surface area contributed by atoms with Crippen LogP contribution >= 0.6 is 11.6 Å². The third-order valence-electron chi connectivity index (χ3n) is 2.29. The molecule has 0 spiro atoms. The van der Waals surface area contributed by atoms with Gasteiger partial charge in [-0.3, -0.25) is 4.79 Å². The van der Waals surface area contributed by atoms with Gasteiger partial charge in [-0.2, -0.15) is 0 Å². The molecule has 0 heterocycles. The Morgan fingerprint density at radius 3 is 2.73 bits per heavy atom. The fourth-order valence-corrected chi connectivity index (χ4v) is 1.55. The minimum Gasteiger partial charge on any atom is -0.382 e. The van der Waals surface area contributed by atoms with E-state index in [9.17, 15) is 4.79 Å². The van der Waals surface area contributed by atoms with Crippen LogP contribution in [0.1, 0.15) is 12.8 Å². The van der Waals surface area contributed by atoms with Gasteiger partial charge in [-0.05, 0) is 12.8 Å². The molecule has 1 aliphatic carbocycles. The number of ether oxygens (including phenoxy) is 2. The molecule has 0 radical (unpaired) electrons. The van der Waals surface area contributed by atoms with Crippen molar-refractivity contribution in [2.24, 2.45) is 0 Å². The summed E-state index contributed by atoms with van der Waals surface area (Å²) in [6.07, 6.45) is 2.20. The second kappa shape index (κ2) is 7.04. The minimum absolute atomic E-state index is 0.0363. The Bertz CT molecular complexity index is 197. The summed E-state index contributed by atoms with van der Waals surface area (Å²) in [6, 6.07) is 0.405. The molecule has 0 atom stereocenters. The Labute approximate surface area is 95.5 Å². The molecule has 0 unspecified atom stereocenters. The molecule has 15 heavy (non-hydrogen) atoms. The summed E-state index contributed by atoms with van der Waals surface area (Å²) in [5.74, 6) is 0.523. The molecule has 1 amide bonds. The predicted octanol–water partition coefficient (Wildman–Crippen LogP) is 0.879. The molecule has 1 rings (SSSR count). The number of halogens is 1. The molecule has 4 nitrogen and oxygen atoms in total.